The van der Waals surface area contributed by atoms with Crippen LogP contribution in [0.25, 0.3) is 5.57 Å². The van der Waals surface area contributed by atoms with Gasteiger partial charge in [0.05, 0.1) is 11.3 Å². The minimum Gasteiger partial charge on any atom is -0.385 e. The lowest BCUT2D eigenvalue weighted by Crippen LogP contribution is -2.44. The standard InChI is InChI=1S/C23H28FN5O/c1-28-11-13-29(14-12-28)10-2-9-25-18-4-6-19(7-5-18)26-16-21-20-8-3-17(24)15-22(20)27-23(21)30/h3-8,15-16,25-26H,2,9-14H2,1H3,(H,27,30). The van der Waals surface area contributed by atoms with Gasteiger partial charge < -0.3 is 25.8 Å². The molecule has 7 heteroatoms. The van der Waals surface area contributed by atoms with Crippen molar-refractivity contribution < 1.29 is 9.18 Å². The van der Waals surface area contributed by atoms with Crippen LogP contribution in [-0.4, -0.2) is 62.0 Å². The van der Waals surface area contributed by atoms with Crippen molar-refractivity contribution in [3.63, 3.8) is 0 Å². The van der Waals surface area contributed by atoms with Gasteiger partial charge in [0.1, 0.15) is 5.82 Å². The number of carbonyl (C=O) groups excluding carboxylic acids is 1. The van der Waals surface area contributed by atoms with E-state index >= 15 is 0 Å². The van der Waals surface area contributed by atoms with Crippen LogP contribution in [-0.2, 0) is 4.79 Å². The summed E-state index contributed by atoms with van der Waals surface area (Å²) < 4.78 is 13.3. The monoisotopic (exact) mass is 409 g/mol. The van der Waals surface area contributed by atoms with E-state index in [-0.39, 0.29) is 11.7 Å². The number of halogens is 1. The quantitative estimate of drug-likeness (QED) is 0.484. The van der Waals surface area contributed by atoms with Gasteiger partial charge in [0, 0.05) is 55.9 Å². The lowest BCUT2D eigenvalue weighted by Gasteiger charge is -2.32. The number of hydrogen-bond donors (Lipinski definition) is 3. The molecule has 2 aromatic rings. The minimum atomic E-state index is -0.366. The average Bonchev–Trinajstić information content (AvgIpc) is 3.06. The Morgan fingerprint density at radius 1 is 1.07 bits per heavy atom. The summed E-state index contributed by atoms with van der Waals surface area (Å²) in [6, 6.07) is 12.3. The predicted octanol–water partition coefficient (Wildman–Crippen LogP) is 3.28. The zero-order valence-electron chi connectivity index (χ0n) is 17.2. The Morgan fingerprint density at radius 2 is 1.80 bits per heavy atom. The van der Waals surface area contributed by atoms with Crippen molar-refractivity contribution in [1.82, 2.24) is 9.80 Å². The fraction of sp³-hybridized carbons (Fsp3) is 0.348. The zero-order valence-corrected chi connectivity index (χ0v) is 17.2. The molecule has 0 unspecified atom stereocenters. The highest BCUT2D eigenvalue weighted by Crippen LogP contribution is 2.32. The van der Waals surface area contributed by atoms with E-state index < -0.39 is 0 Å². The second kappa shape index (κ2) is 9.28. The third-order valence-corrected chi connectivity index (χ3v) is 5.61. The number of amides is 1. The van der Waals surface area contributed by atoms with Crippen LogP contribution in [0.1, 0.15) is 12.0 Å². The Kier molecular flexibility index (Phi) is 6.30. The van der Waals surface area contributed by atoms with E-state index in [1.165, 1.54) is 12.1 Å². The van der Waals surface area contributed by atoms with Crippen molar-refractivity contribution in [3.8, 4) is 0 Å². The van der Waals surface area contributed by atoms with Crippen LogP contribution < -0.4 is 16.0 Å². The Balaban J connectivity index is 1.25. The Morgan fingerprint density at radius 3 is 2.57 bits per heavy atom. The number of nitrogens with zero attached hydrogens (tertiary/aromatic N) is 2. The molecular formula is C23H28FN5O. The van der Waals surface area contributed by atoms with E-state index in [1.807, 2.05) is 24.3 Å². The van der Waals surface area contributed by atoms with Crippen molar-refractivity contribution in [2.24, 2.45) is 0 Å². The van der Waals surface area contributed by atoms with Crippen LogP contribution in [0.2, 0.25) is 0 Å². The van der Waals surface area contributed by atoms with Gasteiger partial charge >= 0.3 is 0 Å². The molecule has 0 radical (unpaired) electrons. The van der Waals surface area contributed by atoms with Crippen LogP contribution >= 0.6 is 0 Å². The number of piperazine rings is 1. The third kappa shape index (κ3) is 4.98. The van der Waals surface area contributed by atoms with Gasteiger partial charge in [-0.1, -0.05) is 0 Å². The fourth-order valence-corrected chi connectivity index (χ4v) is 3.76. The molecule has 4 rings (SSSR count). The molecule has 1 saturated heterocycles. The maximum absolute atomic E-state index is 13.3. The van der Waals surface area contributed by atoms with Crippen molar-refractivity contribution in [1.29, 1.82) is 0 Å². The Labute approximate surface area is 176 Å². The number of nitrogens with one attached hydrogen (secondary N) is 3. The SMILES string of the molecule is CN1CCN(CCCNc2ccc(NC=C3C(=O)Nc4cc(F)ccc43)cc2)CC1. The van der Waals surface area contributed by atoms with Crippen LogP contribution in [0.3, 0.4) is 0 Å². The Hall–Kier alpha value is -2.90. The molecule has 1 fully saturated rings. The first kappa shape index (κ1) is 20.4. The summed E-state index contributed by atoms with van der Waals surface area (Å²) in [7, 11) is 2.18. The van der Waals surface area contributed by atoms with Gasteiger partial charge in [-0.15, -0.1) is 0 Å². The van der Waals surface area contributed by atoms with Crippen LogP contribution in [0, 0.1) is 5.82 Å². The molecule has 0 aromatic heterocycles. The molecule has 0 saturated carbocycles. The summed E-state index contributed by atoms with van der Waals surface area (Å²) in [5, 5.41) is 9.31. The largest absolute Gasteiger partial charge is 0.385 e. The summed E-state index contributed by atoms with van der Waals surface area (Å²) in [5.41, 5.74) is 3.66. The zero-order chi connectivity index (χ0) is 20.9. The molecule has 158 valence electrons. The molecule has 0 spiro atoms. The van der Waals surface area contributed by atoms with E-state index in [0.29, 0.717) is 16.8 Å². The molecule has 3 N–H and O–H groups in total. The molecule has 2 heterocycles. The number of rotatable bonds is 7. The molecule has 0 atom stereocenters. The van der Waals surface area contributed by atoms with Crippen LogP contribution in [0.15, 0.2) is 48.7 Å². The topological polar surface area (TPSA) is 59.6 Å². The maximum atomic E-state index is 13.3. The molecule has 2 aliphatic heterocycles. The molecule has 1 amide bonds. The van der Waals surface area contributed by atoms with E-state index in [2.05, 4.69) is 32.8 Å². The first-order chi connectivity index (χ1) is 14.6. The van der Waals surface area contributed by atoms with Crippen molar-refractivity contribution in [3.05, 3.63) is 60.0 Å². The van der Waals surface area contributed by atoms with Gasteiger partial charge in [-0.25, -0.2) is 4.39 Å². The molecular weight excluding hydrogens is 381 g/mol. The van der Waals surface area contributed by atoms with Gasteiger partial charge in [0.15, 0.2) is 0 Å². The highest BCUT2D eigenvalue weighted by molar-refractivity contribution is 6.31. The normalized spacial score (nSPS) is 18.3. The van der Waals surface area contributed by atoms with E-state index in [1.54, 1.807) is 12.3 Å². The molecule has 0 aliphatic carbocycles. The number of hydrogen-bond acceptors (Lipinski definition) is 5. The lowest BCUT2D eigenvalue weighted by molar-refractivity contribution is -0.110. The summed E-state index contributed by atoms with van der Waals surface area (Å²) >= 11 is 0. The number of carbonyl (C=O) groups is 1. The van der Waals surface area contributed by atoms with Gasteiger partial charge in [-0.3, -0.25) is 4.79 Å². The Bertz CT molecular complexity index is 920. The lowest BCUT2D eigenvalue weighted by atomic mass is 10.1. The average molecular weight is 410 g/mol. The molecule has 0 bridgehead atoms. The van der Waals surface area contributed by atoms with Crippen LogP contribution in [0.5, 0.6) is 0 Å². The smallest absolute Gasteiger partial charge is 0.257 e. The fourth-order valence-electron chi connectivity index (χ4n) is 3.76. The van der Waals surface area contributed by atoms with Crippen LogP contribution in [0.4, 0.5) is 21.5 Å². The van der Waals surface area contributed by atoms with Crippen molar-refractivity contribution in [2.75, 3.05) is 62.3 Å². The number of benzene rings is 2. The third-order valence-electron chi connectivity index (χ3n) is 5.61. The second-order valence-electron chi connectivity index (χ2n) is 7.85. The maximum Gasteiger partial charge on any atom is 0.257 e. The van der Waals surface area contributed by atoms with Gasteiger partial charge in [0.25, 0.3) is 5.91 Å². The van der Waals surface area contributed by atoms with Gasteiger partial charge in [-0.05, 0) is 62.5 Å². The van der Waals surface area contributed by atoms with Gasteiger partial charge in [-0.2, -0.15) is 0 Å². The summed E-state index contributed by atoms with van der Waals surface area (Å²) in [4.78, 5) is 17.0. The highest BCUT2D eigenvalue weighted by Gasteiger charge is 2.24. The number of fused-ring (bicyclic) bond motifs is 1. The number of likely N-dealkylation sites (N-methyl/N-ethyl adjacent to an activating group) is 1. The van der Waals surface area contributed by atoms with E-state index in [9.17, 15) is 9.18 Å². The highest BCUT2D eigenvalue weighted by atomic mass is 19.1. The number of anilines is 3. The molecule has 6 nitrogen and oxygen atoms in total. The first-order valence-corrected chi connectivity index (χ1v) is 10.4. The van der Waals surface area contributed by atoms with Gasteiger partial charge in [0.2, 0.25) is 0 Å². The minimum absolute atomic E-state index is 0.235. The second-order valence-corrected chi connectivity index (χ2v) is 7.85. The van der Waals surface area contributed by atoms with Crippen molar-refractivity contribution in [2.45, 2.75) is 6.42 Å². The first-order valence-electron chi connectivity index (χ1n) is 10.4. The predicted molar refractivity (Wildman–Crippen MR) is 120 cm³/mol. The summed E-state index contributed by atoms with van der Waals surface area (Å²) in [6.07, 6.45) is 2.78. The molecule has 2 aromatic carbocycles. The van der Waals surface area contributed by atoms with Crippen molar-refractivity contribution >= 4 is 28.5 Å². The molecule has 30 heavy (non-hydrogen) atoms. The summed E-state index contributed by atoms with van der Waals surface area (Å²) in [6.45, 7) is 6.69. The van der Waals surface area contributed by atoms with E-state index in [4.69, 9.17) is 0 Å². The molecule has 2 aliphatic rings. The van der Waals surface area contributed by atoms with E-state index in [0.717, 1.165) is 57.1 Å². The summed E-state index contributed by atoms with van der Waals surface area (Å²) in [5.74, 6) is -0.600.